The van der Waals surface area contributed by atoms with Crippen LogP contribution in [0.2, 0.25) is 0 Å². The molecule has 2 N–H and O–H groups in total. The molecule has 0 radical (unpaired) electrons. The Morgan fingerprint density at radius 2 is 2.00 bits per heavy atom. The number of halogens is 2. The van der Waals surface area contributed by atoms with Gasteiger partial charge in [0.05, 0.1) is 23.9 Å². The molecule has 0 amide bonds. The Bertz CT molecular complexity index is 470. The highest BCUT2D eigenvalue weighted by molar-refractivity contribution is 5.71. The number of methoxy groups -OCH3 is 1. The third-order valence-electron chi connectivity index (χ3n) is 3.77. The molecule has 1 aliphatic carbocycles. The van der Waals surface area contributed by atoms with E-state index in [1.54, 1.807) is 6.07 Å². The maximum atomic E-state index is 13.1. The monoisotopic (exact) mass is 240 g/mol. The van der Waals surface area contributed by atoms with E-state index in [0.29, 0.717) is 24.5 Å². The second-order valence-corrected chi connectivity index (χ2v) is 4.92. The van der Waals surface area contributed by atoms with Crippen LogP contribution in [0, 0.1) is 5.41 Å². The van der Waals surface area contributed by atoms with Crippen molar-refractivity contribution in [3.8, 4) is 5.75 Å². The number of anilines is 2. The summed E-state index contributed by atoms with van der Waals surface area (Å²) in [6.45, 7) is 0.777. The summed E-state index contributed by atoms with van der Waals surface area (Å²) < 4.78 is 31.4. The van der Waals surface area contributed by atoms with E-state index in [0.717, 1.165) is 5.69 Å². The van der Waals surface area contributed by atoms with E-state index in [1.165, 1.54) is 7.11 Å². The van der Waals surface area contributed by atoms with Crippen LogP contribution in [0.15, 0.2) is 18.2 Å². The molecule has 1 heterocycles. The first-order valence-corrected chi connectivity index (χ1v) is 5.54. The van der Waals surface area contributed by atoms with Crippen LogP contribution in [0.1, 0.15) is 6.42 Å². The molecule has 3 rings (SSSR count). The van der Waals surface area contributed by atoms with Crippen LogP contribution in [0.3, 0.4) is 0 Å². The van der Waals surface area contributed by atoms with Gasteiger partial charge in [-0.05, 0) is 12.1 Å². The molecule has 17 heavy (non-hydrogen) atoms. The van der Waals surface area contributed by atoms with Gasteiger partial charge in [-0.2, -0.15) is 0 Å². The number of benzene rings is 1. The molecule has 2 fully saturated rings. The molecular weight excluding hydrogens is 226 g/mol. The van der Waals surface area contributed by atoms with Crippen molar-refractivity contribution in [1.82, 2.24) is 0 Å². The van der Waals surface area contributed by atoms with Crippen LogP contribution < -0.4 is 15.4 Å². The predicted octanol–water partition coefficient (Wildman–Crippen LogP) is 2.12. The van der Waals surface area contributed by atoms with Gasteiger partial charge >= 0.3 is 0 Å². The van der Waals surface area contributed by atoms with Crippen LogP contribution in [0.25, 0.3) is 0 Å². The average Bonchev–Trinajstić information content (AvgIpc) is 2.79. The summed E-state index contributed by atoms with van der Waals surface area (Å²) in [4.78, 5) is 1.90. The Kier molecular flexibility index (Phi) is 1.89. The second-order valence-electron chi connectivity index (χ2n) is 4.92. The molecule has 3 nitrogen and oxygen atoms in total. The highest BCUT2D eigenvalue weighted by Gasteiger charge is 2.76. The zero-order chi connectivity index (χ0) is 12.3. The number of hydrogen-bond acceptors (Lipinski definition) is 3. The molecular formula is C12H14F2N2O. The molecule has 2 aliphatic rings. The molecule has 0 unspecified atom stereocenters. The maximum Gasteiger partial charge on any atom is 0.258 e. The van der Waals surface area contributed by atoms with Gasteiger partial charge in [-0.1, -0.05) is 6.07 Å². The first kappa shape index (κ1) is 10.6. The molecule has 0 bridgehead atoms. The lowest BCUT2D eigenvalue weighted by Gasteiger charge is -2.42. The highest BCUT2D eigenvalue weighted by Crippen LogP contribution is 2.66. The van der Waals surface area contributed by atoms with Crippen molar-refractivity contribution in [2.45, 2.75) is 12.3 Å². The van der Waals surface area contributed by atoms with E-state index >= 15 is 0 Å². The van der Waals surface area contributed by atoms with Crippen LogP contribution in [0.4, 0.5) is 20.2 Å². The normalized spacial score (nSPS) is 23.4. The van der Waals surface area contributed by atoms with Crippen molar-refractivity contribution in [2.24, 2.45) is 5.41 Å². The Labute approximate surface area is 98.2 Å². The van der Waals surface area contributed by atoms with E-state index in [-0.39, 0.29) is 6.42 Å². The van der Waals surface area contributed by atoms with Crippen molar-refractivity contribution in [3.63, 3.8) is 0 Å². The molecule has 1 saturated heterocycles. The number of nitrogens with two attached hydrogens (primary N) is 1. The minimum absolute atomic E-state index is 0.0150. The highest BCUT2D eigenvalue weighted by atomic mass is 19.3. The Hall–Kier alpha value is -1.52. The lowest BCUT2D eigenvalue weighted by Crippen LogP contribution is -2.51. The van der Waals surface area contributed by atoms with E-state index in [9.17, 15) is 8.78 Å². The average molecular weight is 240 g/mol. The fraction of sp³-hybridized carbons (Fsp3) is 0.500. The fourth-order valence-electron chi connectivity index (χ4n) is 2.59. The number of nitrogen functional groups attached to an aromatic ring is 1. The van der Waals surface area contributed by atoms with Gasteiger partial charge in [-0.15, -0.1) is 0 Å². The zero-order valence-corrected chi connectivity index (χ0v) is 9.54. The van der Waals surface area contributed by atoms with E-state index in [2.05, 4.69) is 0 Å². The van der Waals surface area contributed by atoms with Crippen LogP contribution in [0.5, 0.6) is 5.75 Å². The number of nitrogens with zero attached hydrogens (tertiary/aromatic N) is 1. The van der Waals surface area contributed by atoms with Crippen molar-refractivity contribution in [2.75, 3.05) is 30.8 Å². The largest absolute Gasteiger partial charge is 0.492 e. The van der Waals surface area contributed by atoms with E-state index < -0.39 is 11.3 Å². The fourth-order valence-corrected chi connectivity index (χ4v) is 2.59. The van der Waals surface area contributed by atoms with E-state index in [1.807, 2.05) is 17.0 Å². The number of hydrogen-bond donors (Lipinski definition) is 1. The van der Waals surface area contributed by atoms with Gasteiger partial charge in [0.15, 0.2) is 5.75 Å². The molecule has 92 valence electrons. The first-order chi connectivity index (χ1) is 7.99. The lowest BCUT2D eigenvalue weighted by molar-refractivity contribution is 0.0519. The Morgan fingerprint density at radius 3 is 2.53 bits per heavy atom. The Balaban J connectivity index is 1.82. The standard InChI is InChI=1S/C12H14F2N2O/c1-17-10-8(15)3-2-4-9(10)16-6-11(7-16)5-12(11,13)14/h2-4H,5-7,15H2,1H3. The predicted molar refractivity (Wildman–Crippen MR) is 61.6 cm³/mol. The van der Waals surface area contributed by atoms with Crippen molar-refractivity contribution in [3.05, 3.63) is 18.2 Å². The lowest BCUT2D eigenvalue weighted by atomic mass is 9.95. The van der Waals surface area contributed by atoms with Crippen molar-refractivity contribution >= 4 is 11.4 Å². The van der Waals surface area contributed by atoms with Crippen LogP contribution in [-0.2, 0) is 0 Å². The SMILES string of the molecule is COc1c(N)cccc1N1CC2(C1)CC2(F)F. The van der Waals surface area contributed by atoms with Gasteiger partial charge < -0.3 is 15.4 Å². The number of rotatable bonds is 2. The first-order valence-electron chi connectivity index (χ1n) is 5.54. The third kappa shape index (κ3) is 1.31. The zero-order valence-electron chi connectivity index (χ0n) is 9.54. The molecule has 5 heteroatoms. The summed E-state index contributed by atoms with van der Waals surface area (Å²) in [7, 11) is 1.54. The summed E-state index contributed by atoms with van der Waals surface area (Å²) in [5.41, 5.74) is 6.35. The second kappa shape index (κ2) is 3.03. The minimum Gasteiger partial charge on any atom is -0.492 e. The molecule has 1 aromatic rings. The molecule has 1 aliphatic heterocycles. The van der Waals surface area contributed by atoms with Gasteiger partial charge in [0.25, 0.3) is 5.92 Å². The molecule has 1 spiro atoms. The summed E-state index contributed by atoms with van der Waals surface area (Å²) >= 11 is 0. The number of para-hydroxylation sites is 1. The number of alkyl halides is 2. The summed E-state index contributed by atoms with van der Waals surface area (Å²) in [5, 5.41) is 0. The molecule has 0 atom stereocenters. The van der Waals surface area contributed by atoms with Crippen LogP contribution >= 0.6 is 0 Å². The van der Waals surface area contributed by atoms with Crippen molar-refractivity contribution < 1.29 is 13.5 Å². The quantitative estimate of drug-likeness (QED) is 0.805. The minimum atomic E-state index is -2.48. The van der Waals surface area contributed by atoms with Gasteiger partial charge in [0.2, 0.25) is 0 Å². The van der Waals surface area contributed by atoms with E-state index in [4.69, 9.17) is 10.5 Å². The van der Waals surface area contributed by atoms with Gasteiger partial charge in [0, 0.05) is 19.5 Å². The summed E-state index contributed by atoms with van der Waals surface area (Å²) in [6, 6.07) is 5.40. The van der Waals surface area contributed by atoms with Gasteiger partial charge in [0.1, 0.15) is 0 Å². The maximum absolute atomic E-state index is 13.1. The Morgan fingerprint density at radius 1 is 1.35 bits per heavy atom. The van der Waals surface area contributed by atoms with Crippen molar-refractivity contribution in [1.29, 1.82) is 0 Å². The summed E-state index contributed by atoms with van der Waals surface area (Å²) in [6.07, 6.45) is 0.0150. The third-order valence-corrected chi connectivity index (χ3v) is 3.77. The number of ether oxygens (including phenoxy) is 1. The van der Waals surface area contributed by atoms with Crippen LogP contribution in [-0.4, -0.2) is 26.1 Å². The summed E-state index contributed by atoms with van der Waals surface area (Å²) in [5.74, 6) is -1.90. The molecule has 1 aromatic carbocycles. The molecule has 0 aromatic heterocycles. The van der Waals surface area contributed by atoms with Gasteiger partial charge in [-0.25, -0.2) is 8.78 Å². The van der Waals surface area contributed by atoms with Gasteiger partial charge in [-0.3, -0.25) is 0 Å². The topological polar surface area (TPSA) is 38.5 Å². The smallest absolute Gasteiger partial charge is 0.258 e. The molecule has 1 saturated carbocycles.